The lowest BCUT2D eigenvalue weighted by molar-refractivity contribution is -0.206. The van der Waals surface area contributed by atoms with Gasteiger partial charge in [-0.3, -0.25) is 10.3 Å². The van der Waals surface area contributed by atoms with Crippen molar-refractivity contribution >= 4 is 5.69 Å². The second-order valence-electron chi connectivity index (χ2n) is 2.77. The van der Waals surface area contributed by atoms with Crippen molar-refractivity contribution in [1.29, 1.82) is 0 Å². The van der Waals surface area contributed by atoms with Crippen LogP contribution in [0.5, 0.6) is 0 Å². The first-order valence-corrected chi connectivity index (χ1v) is 4.03. The summed E-state index contributed by atoms with van der Waals surface area (Å²) in [6, 6.07) is 8.39. The van der Waals surface area contributed by atoms with Gasteiger partial charge in [0.15, 0.2) is 6.10 Å². The Bertz CT molecular complexity index is 273. The number of halogens is 3. The molecule has 0 saturated carbocycles. The Morgan fingerprint density at radius 3 is 2.29 bits per heavy atom. The van der Waals surface area contributed by atoms with Crippen LogP contribution in [0.25, 0.3) is 0 Å². The molecule has 0 aliphatic heterocycles. The minimum atomic E-state index is -4.35. The van der Waals surface area contributed by atoms with E-state index in [-0.39, 0.29) is 0 Å². The first-order valence-electron chi connectivity index (χ1n) is 4.03. The zero-order chi connectivity index (χ0) is 10.6. The number of anilines is 1. The molecule has 1 N–H and O–H groups in total. The number of alkyl halides is 3. The fourth-order valence-corrected chi connectivity index (χ4v) is 0.729. The monoisotopic (exact) mass is 205 g/mol. The molecule has 0 spiro atoms. The Labute approximate surface area is 79.6 Å². The van der Waals surface area contributed by atoms with E-state index in [1.807, 2.05) is 0 Å². The van der Waals surface area contributed by atoms with E-state index in [1.165, 1.54) is 0 Å². The van der Waals surface area contributed by atoms with Crippen molar-refractivity contribution in [2.75, 3.05) is 5.48 Å². The molecular weight excluding hydrogens is 195 g/mol. The number of hydrogen-bond donors (Lipinski definition) is 1. The predicted molar refractivity (Wildman–Crippen MR) is 46.7 cm³/mol. The molecule has 1 aromatic rings. The SMILES string of the molecule is CC(ONc1ccccc1)C(F)(F)F. The van der Waals surface area contributed by atoms with Crippen molar-refractivity contribution in [3.63, 3.8) is 0 Å². The lowest BCUT2D eigenvalue weighted by Crippen LogP contribution is -2.30. The summed E-state index contributed by atoms with van der Waals surface area (Å²) in [5.74, 6) is 0. The van der Waals surface area contributed by atoms with Gasteiger partial charge in [-0.05, 0) is 19.1 Å². The van der Waals surface area contributed by atoms with Crippen LogP contribution in [0.4, 0.5) is 18.9 Å². The standard InChI is InChI=1S/C9H10F3NO/c1-7(9(10,11)12)14-13-8-5-3-2-4-6-8/h2-7,13H,1H3. The van der Waals surface area contributed by atoms with Gasteiger partial charge in [0.1, 0.15) is 0 Å². The van der Waals surface area contributed by atoms with E-state index in [0.29, 0.717) is 5.69 Å². The lowest BCUT2D eigenvalue weighted by atomic mass is 10.3. The van der Waals surface area contributed by atoms with Gasteiger partial charge in [0.2, 0.25) is 0 Å². The van der Waals surface area contributed by atoms with E-state index in [4.69, 9.17) is 0 Å². The summed E-state index contributed by atoms with van der Waals surface area (Å²) in [5.41, 5.74) is 2.72. The van der Waals surface area contributed by atoms with Gasteiger partial charge in [0.25, 0.3) is 0 Å². The summed E-state index contributed by atoms with van der Waals surface area (Å²) in [5, 5.41) is 0. The van der Waals surface area contributed by atoms with Gasteiger partial charge < -0.3 is 0 Å². The predicted octanol–water partition coefficient (Wildman–Crippen LogP) is 2.98. The fraction of sp³-hybridized carbons (Fsp3) is 0.333. The van der Waals surface area contributed by atoms with Crippen LogP contribution in [0.1, 0.15) is 6.92 Å². The highest BCUT2D eigenvalue weighted by Gasteiger charge is 2.37. The zero-order valence-electron chi connectivity index (χ0n) is 7.51. The molecule has 0 saturated heterocycles. The average Bonchev–Trinajstić information content (AvgIpc) is 2.14. The quantitative estimate of drug-likeness (QED) is 0.766. The minimum absolute atomic E-state index is 0.489. The van der Waals surface area contributed by atoms with Crippen molar-refractivity contribution < 1.29 is 18.0 Å². The number of benzene rings is 1. The number of rotatable bonds is 3. The van der Waals surface area contributed by atoms with E-state index in [2.05, 4.69) is 10.3 Å². The highest BCUT2D eigenvalue weighted by Crippen LogP contribution is 2.22. The summed E-state index contributed by atoms with van der Waals surface area (Å²) in [6.45, 7) is 0.940. The van der Waals surface area contributed by atoms with Gasteiger partial charge in [0, 0.05) is 0 Å². The number of para-hydroxylation sites is 1. The lowest BCUT2D eigenvalue weighted by Gasteiger charge is -2.16. The Balaban J connectivity index is 2.42. The second-order valence-corrected chi connectivity index (χ2v) is 2.77. The first-order chi connectivity index (χ1) is 6.50. The van der Waals surface area contributed by atoms with Crippen LogP contribution in [-0.4, -0.2) is 12.3 Å². The van der Waals surface area contributed by atoms with Crippen LogP contribution in [0, 0.1) is 0 Å². The molecule has 0 aliphatic rings. The molecule has 14 heavy (non-hydrogen) atoms. The average molecular weight is 205 g/mol. The van der Waals surface area contributed by atoms with Gasteiger partial charge >= 0.3 is 6.18 Å². The highest BCUT2D eigenvalue weighted by molar-refractivity contribution is 5.40. The molecule has 0 aromatic heterocycles. The first kappa shape index (κ1) is 10.8. The van der Waals surface area contributed by atoms with E-state index >= 15 is 0 Å². The fourth-order valence-electron chi connectivity index (χ4n) is 0.729. The van der Waals surface area contributed by atoms with E-state index in [0.717, 1.165) is 6.92 Å². The summed E-state index contributed by atoms with van der Waals surface area (Å²) in [6.07, 6.45) is -6.18. The van der Waals surface area contributed by atoms with Crippen molar-refractivity contribution in [3.05, 3.63) is 30.3 Å². The maximum absolute atomic E-state index is 12.0. The third kappa shape index (κ3) is 3.26. The molecule has 1 unspecified atom stereocenters. The van der Waals surface area contributed by atoms with Gasteiger partial charge in [-0.2, -0.15) is 13.2 Å². The zero-order valence-corrected chi connectivity index (χ0v) is 7.51. The van der Waals surface area contributed by atoms with Crippen LogP contribution in [0.3, 0.4) is 0 Å². The van der Waals surface area contributed by atoms with Crippen LogP contribution < -0.4 is 5.48 Å². The molecule has 5 heteroatoms. The highest BCUT2D eigenvalue weighted by atomic mass is 19.4. The Kier molecular flexibility index (Phi) is 3.35. The van der Waals surface area contributed by atoms with E-state index in [1.54, 1.807) is 30.3 Å². The molecule has 2 nitrogen and oxygen atoms in total. The number of nitrogens with one attached hydrogen (secondary N) is 1. The molecule has 0 heterocycles. The van der Waals surface area contributed by atoms with Gasteiger partial charge in [-0.15, -0.1) is 0 Å². The third-order valence-corrected chi connectivity index (χ3v) is 1.59. The minimum Gasteiger partial charge on any atom is -0.266 e. The molecule has 0 radical (unpaired) electrons. The van der Waals surface area contributed by atoms with Crippen molar-refractivity contribution in [2.24, 2.45) is 0 Å². The molecule has 1 aromatic carbocycles. The summed E-state index contributed by atoms with van der Waals surface area (Å²) < 4.78 is 36.0. The molecule has 0 fully saturated rings. The van der Waals surface area contributed by atoms with Crippen LogP contribution >= 0.6 is 0 Å². The van der Waals surface area contributed by atoms with Crippen molar-refractivity contribution in [1.82, 2.24) is 0 Å². The summed E-state index contributed by atoms with van der Waals surface area (Å²) in [7, 11) is 0. The smallest absolute Gasteiger partial charge is 0.266 e. The van der Waals surface area contributed by atoms with Gasteiger partial charge in [0.05, 0.1) is 5.69 Å². The molecular formula is C9H10F3NO. The second kappa shape index (κ2) is 4.32. The Morgan fingerprint density at radius 2 is 1.79 bits per heavy atom. The molecule has 1 rings (SSSR count). The normalized spacial score (nSPS) is 13.7. The molecule has 78 valence electrons. The molecule has 0 aliphatic carbocycles. The molecule has 1 atom stereocenters. The van der Waals surface area contributed by atoms with Crippen molar-refractivity contribution in [2.45, 2.75) is 19.2 Å². The Morgan fingerprint density at radius 1 is 1.21 bits per heavy atom. The molecule has 0 amide bonds. The van der Waals surface area contributed by atoms with Gasteiger partial charge in [-0.1, -0.05) is 18.2 Å². The van der Waals surface area contributed by atoms with E-state index in [9.17, 15) is 13.2 Å². The Hall–Kier alpha value is -1.23. The van der Waals surface area contributed by atoms with Crippen LogP contribution in [-0.2, 0) is 4.84 Å². The largest absolute Gasteiger partial charge is 0.416 e. The van der Waals surface area contributed by atoms with Crippen LogP contribution in [0.2, 0.25) is 0 Å². The van der Waals surface area contributed by atoms with Gasteiger partial charge in [-0.25, -0.2) is 0 Å². The van der Waals surface area contributed by atoms with Crippen LogP contribution in [0.15, 0.2) is 30.3 Å². The van der Waals surface area contributed by atoms with E-state index < -0.39 is 12.3 Å². The molecule has 0 bridgehead atoms. The summed E-state index contributed by atoms with van der Waals surface area (Å²) >= 11 is 0. The number of hydrogen-bond acceptors (Lipinski definition) is 2. The third-order valence-electron chi connectivity index (χ3n) is 1.59. The summed E-state index contributed by atoms with van der Waals surface area (Å²) in [4.78, 5) is 4.42. The maximum atomic E-state index is 12.0. The maximum Gasteiger partial charge on any atom is 0.416 e. The topological polar surface area (TPSA) is 21.3 Å². The van der Waals surface area contributed by atoms with Crippen molar-refractivity contribution in [3.8, 4) is 0 Å².